The van der Waals surface area contributed by atoms with E-state index in [4.69, 9.17) is 0 Å². The molecule has 0 aliphatic carbocycles. The highest BCUT2D eigenvalue weighted by Crippen LogP contribution is 2.26. The van der Waals surface area contributed by atoms with Crippen molar-refractivity contribution >= 4 is 33.6 Å². The highest BCUT2D eigenvalue weighted by Gasteiger charge is 2.34. The van der Waals surface area contributed by atoms with E-state index in [1.165, 1.54) is 23.1 Å². The summed E-state index contributed by atoms with van der Waals surface area (Å²) in [4.78, 5) is 24.8. The first-order valence-corrected chi connectivity index (χ1v) is 7.43. The first kappa shape index (κ1) is 15.8. The normalized spacial score (nSPS) is 22.0. The molecule has 0 radical (unpaired) electrons. The lowest BCUT2D eigenvalue weighted by Crippen LogP contribution is -2.51. The number of carboxylic acids is 1. The second kappa shape index (κ2) is 6.43. The van der Waals surface area contributed by atoms with Crippen LogP contribution in [0.3, 0.4) is 0 Å². The summed E-state index contributed by atoms with van der Waals surface area (Å²) in [7, 11) is 0. The number of carbonyl (C=O) groups excluding carboxylic acids is 1. The number of piperidine rings is 1. The van der Waals surface area contributed by atoms with Gasteiger partial charge < -0.3 is 15.3 Å². The van der Waals surface area contributed by atoms with Gasteiger partial charge in [0.1, 0.15) is 11.9 Å². The van der Waals surface area contributed by atoms with Crippen LogP contribution < -0.4 is 5.32 Å². The summed E-state index contributed by atoms with van der Waals surface area (Å²) in [5.74, 6) is -1.23. The van der Waals surface area contributed by atoms with E-state index in [-0.39, 0.29) is 11.6 Å². The van der Waals surface area contributed by atoms with Crippen molar-refractivity contribution in [2.75, 3.05) is 11.9 Å². The molecule has 0 bridgehead atoms. The molecule has 1 aliphatic rings. The van der Waals surface area contributed by atoms with Gasteiger partial charge in [0.25, 0.3) is 0 Å². The Balaban J connectivity index is 2.15. The van der Waals surface area contributed by atoms with Crippen molar-refractivity contribution < 1.29 is 19.1 Å². The maximum Gasteiger partial charge on any atom is 0.326 e. The molecule has 21 heavy (non-hydrogen) atoms. The average Bonchev–Trinajstić information content (AvgIpc) is 2.42. The van der Waals surface area contributed by atoms with Crippen LogP contribution in [0.2, 0.25) is 0 Å². The van der Waals surface area contributed by atoms with Gasteiger partial charge in [-0.15, -0.1) is 0 Å². The fourth-order valence-electron chi connectivity index (χ4n) is 2.40. The summed E-state index contributed by atoms with van der Waals surface area (Å²) in [6, 6.07) is 2.56. The number of anilines is 1. The lowest BCUT2D eigenvalue weighted by Gasteiger charge is -2.35. The maximum absolute atomic E-state index is 13.2. The topological polar surface area (TPSA) is 69.6 Å². The van der Waals surface area contributed by atoms with Crippen molar-refractivity contribution in [2.45, 2.75) is 25.8 Å². The van der Waals surface area contributed by atoms with Crippen LogP contribution in [0.15, 0.2) is 22.7 Å². The van der Waals surface area contributed by atoms with E-state index in [9.17, 15) is 19.1 Å². The Morgan fingerprint density at radius 3 is 2.86 bits per heavy atom. The van der Waals surface area contributed by atoms with Gasteiger partial charge in [0.2, 0.25) is 0 Å². The number of carbonyl (C=O) groups is 2. The van der Waals surface area contributed by atoms with Gasteiger partial charge in [0.15, 0.2) is 0 Å². The number of urea groups is 1. The van der Waals surface area contributed by atoms with Crippen LogP contribution in [0.5, 0.6) is 0 Å². The van der Waals surface area contributed by atoms with E-state index in [0.29, 0.717) is 17.4 Å². The summed E-state index contributed by atoms with van der Waals surface area (Å²) < 4.78 is 13.8. The zero-order chi connectivity index (χ0) is 15.6. The van der Waals surface area contributed by atoms with Gasteiger partial charge in [-0.25, -0.2) is 14.0 Å². The molecule has 1 aromatic rings. The van der Waals surface area contributed by atoms with Crippen LogP contribution in [0.1, 0.15) is 19.8 Å². The van der Waals surface area contributed by atoms with Crippen LogP contribution in [0.4, 0.5) is 14.9 Å². The molecule has 2 atom stereocenters. The van der Waals surface area contributed by atoms with Crippen LogP contribution in [0.25, 0.3) is 0 Å². The summed E-state index contributed by atoms with van der Waals surface area (Å²) in [6.07, 6.45) is 1.18. The highest BCUT2D eigenvalue weighted by atomic mass is 79.9. The Morgan fingerprint density at radius 2 is 2.19 bits per heavy atom. The third-order valence-electron chi connectivity index (χ3n) is 3.58. The van der Waals surface area contributed by atoms with Crippen molar-refractivity contribution in [1.82, 2.24) is 4.90 Å². The van der Waals surface area contributed by atoms with Crippen LogP contribution >= 0.6 is 15.9 Å². The molecule has 114 valence electrons. The number of hydrogen-bond acceptors (Lipinski definition) is 2. The third-order valence-corrected chi connectivity index (χ3v) is 4.27. The molecule has 2 rings (SSSR count). The Bertz CT molecular complexity index is 567. The van der Waals surface area contributed by atoms with Crippen LogP contribution in [-0.2, 0) is 4.79 Å². The zero-order valence-corrected chi connectivity index (χ0v) is 13.1. The molecule has 0 spiro atoms. The molecule has 1 fully saturated rings. The average molecular weight is 359 g/mol. The van der Waals surface area contributed by atoms with E-state index in [0.717, 1.165) is 6.42 Å². The second-order valence-corrected chi connectivity index (χ2v) is 6.09. The molecular weight excluding hydrogens is 343 g/mol. The Hall–Kier alpha value is -1.63. The van der Waals surface area contributed by atoms with Crippen molar-refractivity contribution in [2.24, 2.45) is 5.92 Å². The predicted octanol–water partition coefficient (Wildman–Crippen LogP) is 3.31. The molecular formula is C14H16BrFN2O3. The lowest BCUT2D eigenvalue weighted by molar-refractivity contribution is -0.143. The number of hydrogen-bond donors (Lipinski definition) is 2. The number of halogens is 2. The molecule has 1 aliphatic heterocycles. The standard InChI is InChI=1S/C14H16BrFN2O3/c1-8-4-5-18(12(6-8)13(19)20)14(21)17-11-7-9(16)2-3-10(11)15/h2-3,7-8,12H,4-6H2,1H3,(H,17,21)(H,19,20). The summed E-state index contributed by atoms with van der Waals surface area (Å²) in [6.45, 7) is 2.34. The van der Waals surface area contributed by atoms with Gasteiger partial charge in [-0.1, -0.05) is 6.92 Å². The van der Waals surface area contributed by atoms with Gasteiger partial charge in [-0.05, 0) is 52.9 Å². The van der Waals surface area contributed by atoms with Crippen molar-refractivity contribution in [3.63, 3.8) is 0 Å². The zero-order valence-electron chi connectivity index (χ0n) is 11.5. The minimum Gasteiger partial charge on any atom is -0.480 e. The number of aliphatic carboxylic acids is 1. The Labute approximate surface area is 130 Å². The molecule has 5 nitrogen and oxygen atoms in total. The number of likely N-dealkylation sites (tertiary alicyclic amines) is 1. The molecule has 2 amide bonds. The van der Waals surface area contributed by atoms with E-state index in [2.05, 4.69) is 21.2 Å². The van der Waals surface area contributed by atoms with Crippen LogP contribution in [0, 0.1) is 11.7 Å². The molecule has 2 N–H and O–H groups in total. The van der Waals surface area contributed by atoms with Crippen molar-refractivity contribution in [3.8, 4) is 0 Å². The molecule has 2 unspecified atom stereocenters. The van der Waals surface area contributed by atoms with Crippen molar-refractivity contribution in [1.29, 1.82) is 0 Å². The van der Waals surface area contributed by atoms with Crippen LogP contribution in [-0.4, -0.2) is 34.6 Å². The fraction of sp³-hybridized carbons (Fsp3) is 0.429. The lowest BCUT2D eigenvalue weighted by atomic mass is 9.93. The van der Waals surface area contributed by atoms with E-state index < -0.39 is 23.9 Å². The summed E-state index contributed by atoms with van der Waals surface area (Å²) in [5.41, 5.74) is 0.280. The SMILES string of the molecule is CC1CCN(C(=O)Nc2cc(F)ccc2Br)C(C(=O)O)C1. The molecule has 0 aromatic heterocycles. The second-order valence-electron chi connectivity index (χ2n) is 5.23. The van der Waals surface area contributed by atoms with Gasteiger partial charge >= 0.3 is 12.0 Å². The summed E-state index contributed by atoms with van der Waals surface area (Å²) in [5, 5.41) is 11.8. The number of carboxylic acid groups (broad SMARTS) is 1. The molecule has 1 saturated heterocycles. The smallest absolute Gasteiger partial charge is 0.326 e. The van der Waals surface area contributed by atoms with Gasteiger partial charge in [0, 0.05) is 11.0 Å². The van der Waals surface area contributed by atoms with E-state index >= 15 is 0 Å². The number of nitrogens with one attached hydrogen (secondary N) is 1. The molecule has 7 heteroatoms. The third kappa shape index (κ3) is 3.72. The number of rotatable bonds is 2. The minimum atomic E-state index is -1.02. The Kier molecular flexibility index (Phi) is 4.82. The van der Waals surface area contributed by atoms with E-state index in [1.807, 2.05) is 6.92 Å². The number of nitrogens with zero attached hydrogens (tertiary/aromatic N) is 1. The quantitative estimate of drug-likeness (QED) is 0.851. The van der Waals surface area contributed by atoms with Gasteiger partial charge in [-0.2, -0.15) is 0 Å². The minimum absolute atomic E-state index is 0.260. The van der Waals surface area contributed by atoms with Gasteiger partial charge in [0.05, 0.1) is 5.69 Å². The monoisotopic (exact) mass is 358 g/mol. The largest absolute Gasteiger partial charge is 0.480 e. The first-order chi connectivity index (χ1) is 9.88. The highest BCUT2D eigenvalue weighted by molar-refractivity contribution is 9.10. The fourth-order valence-corrected chi connectivity index (χ4v) is 2.74. The summed E-state index contributed by atoms with van der Waals surface area (Å²) >= 11 is 3.22. The molecule has 1 heterocycles. The van der Waals surface area contributed by atoms with Crippen molar-refractivity contribution in [3.05, 3.63) is 28.5 Å². The Morgan fingerprint density at radius 1 is 1.48 bits per heavy atom. The maximum atomic E-state index is 13.2. The predicted molar refractivity (Wildman–Crippen MR) is 79.6 cm³/mol. The molecule has 1 aromatic carbocycles. The molecule has 0 saturated carbocycles. The first-order valence-electron chi connectivity index (χ1n) is 6.64. The van der Waals surface area contributed by atoms with E-state index in [1.54, 1.807) is 0 Å². The van der Waals surface area contributed by atoms with Gasteiger partial charge in [-0.3, -0.25) is 0 Å². The number of benzene rings is 1. The number of amides is 2.